The largest absolute Gasteiger partial charge is 0.342 e. The lowest BCUT2D eigenvalue weighted by Crippen LogP contribution is -2.65. The first-order chi connectivity index (χ1) is 5.64. The van der Waals surface area contributed by atoms with Gasteiger partial charge in [0, 0.05) is 0 Å². The van der Waals surface area contributed by atoms with Crippen molar-refractivity contribution >= 4 is 36.7 Å². The van der Waals surface area contributed by atoms with Gasteiger partial charge in [0.15, 0.2) is 8.40 Å². The molecule has 0 amide bonds. The van der Waals surface area contributed by atoms with Gasteiger partial charge >= 0.3 is 0 Å². The third kappa shape index (κ3) is 3.49. The van der Waals surface area contributed by atoms with Crippen molar-refractivity contribution in [3.8, 4) is 0 Å². The fraction of sp³-hybridized carbons (Fsp3) is 1.00. The molecule has 0 heterocycles. The van der Waals surface area contributed by atoms with Gasteiger partial charge in [-0.25, -0.2) is 0 Å². The van der Waals surface area contributed by atoms with E-state index in [4.69, 9.17) is 11.1 Å². The molecule has 0 unspecified atom stereocenters. The Balaban J connectivity index is 4.63. The van der Waals surface area contributed by atoms with E-state index in [2.05, 4.69) is 55.3 Å². The zero-order chi connectivity index (χ0) is 10.9. The summed E-state index contributed by atoms with van der Waals surface area (Å²) in [6, 6.07) is 0. The molecule has 6 heteroatoms. The normalized spacial score (nSPS) is 15.2. The van der Waals surface area contributed by atoms with E-state index in [0.717, 1.165) is 0 Å². The predicted molar refractivity (Wildman–Crippen MR) is 70.8 cm³/mol. The van der Waals surface area contributed by atoms with E-state index in [1.807, 2.05) is 0 Å². The first-order valence-corrected chi connectivity index (χ1v) is 13.7. The second-order valence-corrected chi connectivity index (χ2v) is 17.8. The Morgan fingerprint density at radius 2 is 1.46 bits per heavy atom. The van der Waals surface area contributed by atoms with Crippen LogP contribution in [0.4, 0.5) is 0 Å². The summed E-state index contributed by atoms with van der Waals surface area (Å²) in [6.45, 7) is 11.5. The highest BCUT2D eigenvalue weighted by Crippen LogP contribution is 2.21. The van der Waals surface area contributed by atoms with Crippen molar-refractivity contribution in [2.75, 3.05) is 14.1 Å². The molecule has 0 spiro atoms. The maximum atomic E-state index is 6.46. The smallest absolute Gasteiger partial charge is 0.217 e. The van der Waals surface area contributed by atoms with E-state index in [0.29, 0.717) is 0 Å². The van der Waals surface area contributed by atoms with Gasteiger partial charge in [0.25, 0.3) is 0 Å². The molecule has 0 aliphatic heterocycles. The molecular formula is C7H23ClN2Si3. The van der Waals surface area contributed by atoms with E-state index < -0.39 is 15.9 Å². The van der Waals surface area contributed by atoms with Crippen LogP contribution in [0.25, 0.3) is 0 Å². The van der Waals surface area contributed by atoms with Crippen molar-refractivity contribution in [2.45, 2.75) is 32.7 Å². The number of hydrogen-bond donors (Lipinski definition) is 0. The molecule has 0 aliphatic rings. The van der Waals surface area contributed by atoms with Gasteiger partial charge in [-0.05, 0) is 40.3 Å². The SMILES string of the molecule is C[SiH2]N(C)[Si](C)(C)N(C)[Si](C)(C)Cl. The molecule has 0 fully saturated rings. The molecule has 0 aliphatic carbocycles. The van der Waals surface area contributed by atoms with Crippen LogP contribution in [0.5, 0.6) is 0 Å². The Bertz CT molecular complexity index is 170. The Morgan fingerprint density at radius 3 is 1.69 bits per heavy atom. The Hall–Kier alpha value is 0.861. The third-order valence-corrected chi connectivity index (χ3v) is 16.9. The van der Waals surface area contributed by atoms with Gasteiger partial charge in [0.1, 0.15) is 0 Å². The van der Waals surface area contributed by atoms with Crippen molar-refractivity contribution in [3.63, 3.8) is 0 Å². The molecule has 0 aromatic heterocycles. The summed E-state index contributed by atoms with van der Waals surface area (Å²) in [5, 5.41) is 0. The number of hydrogen-bond acceptors (Lipinski definition) is 2. The molecule has 0 atom stereocenters. The van der Waals surface area contributed by atoms with Gasteiger partial charge in [-0.15, -0.1) is 11.1 Å². The first kappa shape index (κ1) is 13.9. The minimum absolute atomic E-state index is 0.0496. The first-order valence-electron chi connectivity index (χ1n) is 4.78. The highest BCUT2D eigenvalue weighted by molar-refractivity contribution is 7.20. The van der Waals surface area contributed by atoms with Crippen LogP contribution in [0.15, 0.2) is 0 Å². The van der Waals surface area contributed by atoms with Crippen LogP contribution < -0.4 is 0 Å². The fourth-order valence-electron chi connectivity index (χ4n) is 1.29. The van der Waals surface area contributed by atoms with Crippen molar-refractivity contribution in [1.29, 1.82) is 0 Å². The van der Waals surface area contributed by atoms with Crippen LogP contribution in [-0.2, 0) is 0 Å². The molecule has 0 aromatic carbocycles. The molecule has 0 bridgehead atoms. The van der Waals surface area contributed by atoms with E-state index in [9.17, 15) is 0 Å². The minimum atomic E-state index is -1.63. The van der Waals surface area contributed by atoms with Crippen LogP contribution in [0.1, 0.15) is 0 Å². The van der Waals surface area contributed by atoms with Crippen LogP contribution in [0, 0.1) is 0 Å². The van der Waals surface area contributed by atoms with E-state index >= 15 is 0 Å². The molecule has 0 saturated carbocycles. The zero-order valence-electron chi connectivity index (χ0n) is 9.98. The van der Waals surface area contributed by atoms with Crippen LogP contribution in [0.3, 0.4) is 0 Å². The van der Waals surface area contributed by atoms with Crippen molar-refractivity contribution < 1.29 is 0 Å². The third-order valence-electron chi connectivity index (χ3n) is 3.03. The fourth-order valence-corrected chi connectivity index (χ4v) is 13.5. The lowest BCUT2D eigenvalue weighted by atomic mass is 11.6. The van der Waals surface area contributed by atoms with Gasteiger partial charge < -0.3 is 8.46 Å². The maximum absolute atomic E-state index is 6.46. The number of nitrogens with zero attached hydrogens (tertiary/aromatic N) is 2. The van der Waals surface area contributed by atoms with Crippen molar-refractivity contribution in [1.82, 2.24) is 8.46 Å². The second-order valence-electron chi connectivity index (χ2n) is 4.48. The average molecular weight is 255 g/mol. The molecule has 0 radical (unpaired) electrons. The van der Waals surface area contributed by atoms with Gasteiger partial charge in [0.2, 0.25) is 7.55 Å². The Labute approximate surface area is 92.1 Å². The van der Waals surface area contributed by atoms with Crippen LogP contribution >= 0.6 is 11.1 Å². The monoisotopic (exact) mass is 254 g/mol. The van der Waals surface area contributed by atoms with E-state index in [1.54, 1.807) is 0 Å². The van der Waals surface area contributed by atoms with Gasteiger partial charge in [-0.2, -0.15) is 0 Å². The molecule has 2 nitrogen and oxygen atoms in total. The summed E-state index contributed by atoms with van der Waals surface area (Å²) < 4.78 is 5.07. The number of halogens is 1. The highest BCUT2D eigenvalue weighted by Gasteiger charge is 2.39. The molecule has 13 heavy (non-hydrogen) atoms. The molecule has 0 saturated heterocycles. The lowest BCUT2D eigenvalue weighted by molar-refractivity contribution is 0.646. The van der Waals surface area contributed by atoms with Gasteiger partial charge in [0.05, 0.1) is 9.68 Å². The topological polar surface area (TPSA) is 6.48 Å². The summed E-state index contributed by atoms with van der Waals surface area (Å²) in [4.78, 5) is 0. The second kappa shape index (κ2) is 4.59. The van der Waals surface area contributed by atoms with E-state index in [-0.39, 0.29) is 9.68 Å². The van der Waals surface area contributed by atoms with Crippen molar-refractivity contribution in [2.24, 2.45) is 0 Å². The number of rotatable bonds is 4. The quantitative estimate of drug-likeness (QED) is 0.556. The van der Waals surface area contributed by atoms with Crippen molar-refractivity contribution in [3.05, 3.63) is 0 Å². The maximum Gasteiger partial charge on any atom is 0.217 e. The summed E-state index contributed by atoms with van der Waals surface area (Å²) >= 11 is 6.46. The van der Waals surface area contributed by atoms with Crippen LogP contribution in [0.2, 0.25) is 32.7 Å². The Morgan fingerprint density at radius 1 is 1.08 bits per heavy atom. The summed E-state index contributed by atoms with van der Waals surface area (Å²) in [5.41, 5.74) is 0. The summed E-state index contributed by atoms with van der Waals surface area (Å²) in [6.07, 6.45) is 0. The van der Waals surface area contributed by atoms with Crippen LogP contribution in [-0.4, -0.2) is 48.2 Å². The lowest BCUT2D eigenvalue weighted by Gasteiger charge is -2.45. The summed E-state index contributed by atoms with van der Waals surface area (Å²) in [5.74, 6) is 0. The standard InChI is InChI=1S/C7H23ClN2Si3/c1-9(11-3)13(6,7)10(2)12(4,5)8/h11H2,1-7H3. The van der Waals surface area contributed by atoms with Gasteiger partial charge in [-0.3, -0.25) is 0 Å². The Kier molecular flexibility index (Phi) is 4.89. The molecular weight excluding hydrogens is 232 g/mol. The summed E-state index contributed by atoms with van der Waals surface area (Å²) in [7, 11) is 1.39. The van der Waals surface area contributed by atoms with Gasteiger partial charge in [-0.1, -0.05) is 6.55 Å². The molecule has 0 N–H and O–H groups in total. The zero-order valence-corrected chi connectivity index (χ0v) is 14.1. The molecule has 0 aromatic rings. The predicted octanol–water partition coefficient (Wildman–Crippen LogP) is 1.62. The highest BCUT2D eigenvalue weighted by atomic mass is 35.6. The minimum Gasteiger partial charge on any atom is -0.342 e. The molecule has 0 rings (SSSR count). The van der Waals surface area contributed by atoms with E-state index in [1.165, 1.54) is 0 Å². The average Bonchev–Trinajstić information content (AvgIpc) is 1.99. The molecule has 80 valence electrons.